The standard InChI is InChI=1S/C38H54N14O2/c1-19(2)53-21-17-18-22(54-20(3)4)24-23(21)31-39-32(24)41-34-26(48(7)8)28(50(11)12)36(43-34)45-38-30(52(15)16)29(51(13)14)37(46-38)44-35-27(49(9)10)25(47(5)6)33(40-31)42-35/h17-20H,1-16H3,(H2,39,40,41,42,43,44,45,46). The maximum absolute atomic E-state index is 6.43. The molecule has 16 nitrogen and oxygen atoms in total. The molecule has 1 aromatic carbocycles. The number of hydrogen-bond acceptors (Lipinski definition) is 14. The second-order valence-electron chi connectivity index (χ2n) is 15.2. The minimum atomic E-state index is -0.117. The molecular weight excluding hydrogens is 685 g/mol. The zero-order chi connectivity index (χ0) is 39.5. The van der Waals surface area contributed by atoms with E-state index in [4.69, 9.17) is 39.4 Å². The fourth-order valence-corrected chi connectivity index (χ4v) is 6.84. The van der Waals surface area contributed by atoms with Gasteiger partial charge in [-0.25, -0.2) is 29.9 Å². The van der Waals surface area contributed by atoms with Gasteiger partial charge in [-0.05, 0) is 39.8 Å². The second-order valence-corrected chi connectivity index (χ2v) is 15.2. The topological polar surface area (TPSA) is 147 Å². The second kappa shape index (κ2) is 14.2. The number of fused-ring (bicyclic) bond motifs is 11. The van der Waals surface area contributed by atoms with Crippen LogP contribution in [0.4, 0.5) is 22.7 Å². The van der Waals surface area contributed by atoms with Gasteiger partial charge < -0.3 is 48.8 Å². The summed E-state index contributed by atoms with van der Waals surface area (Å²) in [5, 5.41) is 0. The summed E-state index contributed by atoms with van der Waals surface area (Å²) in [5.74, 6) is 3.00. The lowest BCUT2D eigenvalue weighted by atomic mass is 10.1. The molecule has 0 unspecified atom stereocenters. The molecule has 0 saturated heterocycles. The Hall–Kier alpha value is -5.80. The Morgan fingerprint density at radius 2 is 0.704 bits per heavy atom. The molecule has 0 atom stereocenters. The Morgan fingerprint density at radius 1 is 0.407 bits per heavy atom. The van der Waals surface area contributed by atoms with Gasteiger partial charge in [-0.1, -0.05) is 0 Å². The van der Waals surface area contributed by atoms with E-state index in [-0.39, 0.29) is 12.2 Å². The van der Waals surface area contributed by atoms with Crippen molar-refractivity contribution in [1.29, 1.82) is 0 Å². The minimum absolute atomic E-state index is 0.115. The van der Waals surface area contributed by atoms with E-state index in [1.54, 1.807) is 0 Å². The van der Waals surface area contributed by atoms with Crippen LogP contribution >= 0.6 is 0 Å². The van der Waals surface area contributed by atoms with Crippen LogP contribution in [0.5, 0.6) is 11.5 Å². The SMILES string of the molecule is CC(C)Oc1ccc(OC(C)C)c2c1-c1nc3nc(nc4[nH]c(nc5[nH]c(nc-2n1)c(N(C)C)c5N(C)C)c(N(C)C)c4N(C)C)C(N(C)C)=C3N(C)C. The molecule has 0 fully saturated rings. The Balaban J connectivity index is 1.93. The van der Waals surface area contributed by atoms with E-state index in [0.717, 1.165) is 34.1 Å². The maximum Gasteiger partial charge on any atom is 0.182 e. The van der Waals surface area contributed by atoms with Gasteiger partial charge in [-0.15, -0.1) is 0 Å². The van der Waals surface area contributed by atoms with E-state index in [0.29, 0.717) is 68.5 Å². The summed E-state index contributed by atoms with van der Waals surface area (Å²) in [6.07, 6.45) is -0.232. The number of ether oxygens (including phenoxy) is 2. The number of rotatable bonds is 10. The number of H-pyrrole nitrogens is 2. The first-order valence-corrected chi connectivity index (χ1v) is 18.0. The highest BCUT2D eigenvalue weighted by molar-refractivity contribution is 5.99. The van der Waals surface area contributed by atoms with Gasteiger partial charge in [0.1, 0.15) is 45.6 Å². The van der Waals surface area contributed by atoms with Crippen molar-refractivity contribution in [3.05, 3.63) is 23.8 Å². The molecule has 4 aromatic rings. The van der Waals surface area contributed by atoms with Crippen LogP contribution in [0.1, 0.15) is 39.3 Å². The van der Waals surface area contributed by atoms with Crippen LogP contribution < -0.4 is 29.1 Å². The van der Waals surface area contributed by atoms with Gasteiger partial charge in [0.05, 0.1) is 23.3 Å². The van der Waals surface area contributed by atoms with Gasteiger partial charge in [-0.2, -0.15) is 0 Å². The van der Waals surface area contributed by atoms with Gasteiger partial charge in [0.2, 0.25) is 0 Å². The van der Waals surface area contributed by atoms with Crippen LogP contribution in [0.25, 0.3) is 56.8 Å². The molecule has 0 saturated carbocycles. The fraction of sp³-hybridized carbons (Fsp3) is 0.474. The van der Waals surface area contributed by atoms with Gasteiger partial charge >= 0.3 is 0 Å². The third kappa shape index (κ3) is 6.64. The average Bonchev–Trinajstić information content (AvgIpc) is 3.79. The van der Waals surface area contributed by atoms with Crippen molar-refractivity contribution in [3.8, 4) is 34.3 Å². The summed E-state index contributed by atoms with van der Waals surface area (Å²) in [6.45, 7) is 7.99. The van der Waals surface area contributed by atoms with Crippen molar-refractivity contribution < 1.29 is 9.47 Å². The normalized spacial score (nSPS) is 12.3. The van der Waals surface area contributed by atoms with Crippen molar-refractivity contribution in [2.24, 2.45) is 0 Å². The number of benzene rings is 1. The van der Waals surface area contributed by atoms with Crippen LogP contribution in [-0.2, 0) is 0 Å². The number of aromatic nitrogens is 8. The minimum Gasteiger partial charge on any atom is -0.490 e. The molecule has 288 valence electrons. The van der Waals surface area contributed by atoms with Crippen LogP contribution in [0.3, 0.4) is 0 Å². The molecule has 5 heterocycles. The lowest BCUT2D eigenvalue weighted by molar-refractivity contribution is 0.236. The first-order chi connectivity index (χ1) is 25.4. The van der Waals surface area contributed by atoms with E-state index in [1.807, 2.05) is 154 Å². The zero-order valence-corrected chi connectivity index (χ0v) is 34.5. The maximum atomic E-state index is 6.43. The van der Waals surface area contributed by atoms with Gasteiger partial charge in [-0.3, -0.25) is 0 Å². The molecule has 8 bridgehead atoms. The third-order valence-electron chi connectivity index (χ3n) is 8.75. The lowest BCUT2D eigenvalue weighted by Gasteiger charge is -2.21. The molecule has 2 N–H and O–H groups in total. The average molecular weight is 739 g/mol. The molecule has 0 aliphatic carbocycles. The van der Waals surface area contributed by atoms with Crippen LogP contribution in [-0.4, -0.2) is 146 Å². The highest BCUT2D eigenvalue weighted by Crippen LogP contribution is 2.48. The Kier molecular flexibility index (Phi) is 9.98. The molecule has 3 aromatic heterocycles. The molecule has 0 spiro atoms. The predicted octanol–water partition coefficient (Wildman–Crippen LogP) is 5.02. The van der Waals surface area contributed by atoms with E-state index in [2.05, 4.69) is 9.97 Å². The monoisotopic (exact) mass is 738 g/mol. The molecule has 2 aliphatic heterocycles. The van der Waals surface area contributed by atoms with Crippen molar-refractivity contribution in [2.45, 2.75) is 39.9 Å². The summed E-state index contributed by atoms with van der Waals surface area (Å²) in [7, 11) is 23.9. The first kappa shape index (κ1) is 37.9. The fourth-order valence-electron chi connectivity index (χ4n) is 6.84. The largest absolute Gasteiger partial charge is 0.490 e. The van der Waals surface area contributed by atoms with Crippen molar-refractivity contribution in [1.82, 2.24) is 49.7 Å². The van der Waals surface area contributed by atoms with E-state index < -0.39 is 0 Å². The number of aromatic amines is 2. The van der Waals surface area contributed by atoms with Crippen molar-refractivity contribution in [3.63, 3.8) is 0 Å². The van der Waals surface area contributed by atoms with E-state index in [1.165, 1.54) is 0 Å². The van der Waals surface area contributed by atoms with Crippen LogP contribution in [0.2, 0.25) is 0 Å². The number of anilines is 4. The molecule has 6 rings (SSSR count). The summed E-state index contributed by atoms with van der Waals surface area (Å²) in [5.41, 5.74) is 8.75. The third-order valence-corrected chi connectivity index (χ3v) is 8.75. The Bertz CT molecular complexity index is 2280. The first-order valence-electron chi connectivity index (χ1n) is 18.0. The van der Waals surface area contributed by atoms with Crippen LogP contribution in [0.15, 0.2) is 12.1 Å². The Labute approximate surface area is 317 Å². The number of nitrogens with one attached hydrogen (secondary N) is 2. The molecule has 2 aliphatic rings. The number of hydrogen-bond donors (Lipinski definition) is 2. The quantitative estimate of drug-likeness (QED) is 0.198. The summed E-state index contributed by atoms with van der Waals surface area (Å²) in [6, 6.07) is 3.83. The Morgan fingerprint density at radius 3 is 1.06 bits per heavy atom. The van der Waals surface area contributed by atoms with Gasteiger partial charge in [0.15, 0.2) is 45.9 Å². The smallest absolute Gasteiger partial charge is 0.182 e. The summed E-state index contributed by atoms with van der Waals surface area (Å²) >= 11 is 0. The highest BCUT2D eigenvalue weighted by Gasteiger charge is 2.33. The van der Waals surface area contributed by atoms with E-state index in [9.17, 15) is 0 Å². The predicted molar refractivity (Wildman–Crippen MR) is 220 cm³/mol. The van der Waals surface area contributed by atoms with E-state index >= 15 is 0 Å². The van der Waals surface area contributed by atoms with Crippen molar-refractivity contribution in [2.75, 3.05) is 104 Å². The molecule has 16 heteroatoms. The highest BCUT2D eigenvalue weighted by atomic mass is 16.5. The molecule has 0 amide bonds. The zero-order valence-electron chi connectivity index (χ0n) is 34.5. The molecule has 54 heavy (non-hydrogen) atoms. The number of nitrogens with zero attached hydrogens (tertiary/aromatic N) is 12. The van der Waals surface area contributed by atoms with Crippen LogP contribution in [0, 0.1) is 0 Å². The lowest BCUT2D eigenvalue weighted by Crippen LogP contribution is -2.18. The molecule has 0 radical (unpaired) electrons. The van der Waals surface area contributed by atoms with Gasteiger partial charge in [0, 0.05) is 84.6 Å². The van der Waals surface area contributed by atoms with Gasteiger partial charge in [0.25, 0.3) is 0 Å². The summed E-state index contributed by atoms with van der Waals surface area (Å²) < 4.78 is 12.9. The summed E-state index contributed by atoms with van der Waals surface area (Å²) in [4.78, 5) is 50.6. The molecular formula is C38H54N14O2. The van der Waals surface area contributed by atoms with Crippen molar-refractivity contribution >= 4 is 56.7 Å².